The molecule has 2 rings (SSSR count). The van der Waals surface area contributed by atoms with E-state index in [2.05, 4.69) is 25.8 Å². The van der Waals surface area contributed by atoms with Crippen molar-refractivity contribution in [2.75, 3.05) is 36.7 Å². The van der Waals surface area contributed by atoms with E-state index in [-0.39, 0.29) is 0 Å². The highest BCUT2D eigenvalue weighted by atomic mass is 79.9. The fraction of sp³-hybridized carbons (Fsp3) is 0.500. The summed E-state index contributed by atoms with van der Waals surface area (Å²) in [5, 5.41) is 0. The number of alkyl halides is 1. The van der Waals surface area contributed by atoms with E-state index >= 15 is 0 Å². The lowest BCUT2D eigenvalue weighted by molar-refractivity contribution is 0.122. The maximum absolute atomic E-state index is 5.33. The number of aromatic nitrogens is 1. The second kappa shape index (κ2) is 5.32. The predicted octanol–water partition coefficient (Wildman–Crippen LogP) is 1.65. The molecular weight excluding hydrogens is 260 g/mol. The number of ether oxygens (including phenoxy) is 2. The molecule has 15 heavy (non-hydrogen) atoms. The average Bonchev–Trinajstić information content (AvgIpc) is 2.31. The van der Waals surface area contributed by atoms with Crippen LogP contribution in [0, 0.1) is 0 Å². The molecule has 1 aliphatic rings. The van der Waals surface area contributed by atoms with E-state index < -0.39 is 0 Å². The van der Waals surface area contributed by atoms with Gasteiger partial charge in [-0.25, -0.2) is 0 Å². The fourth-order valence-corrected chi connectivity index (χ4v) is 1.81. The van der Waals surface area contributed by atoms with E-state index in [0.29, 0.717) is 5.52 Å². The largest absolute Gasteiger partial charge is 0.481 e. The zero-order chi connectivity index (χ0) is 10.5. The third-order valence-electron chi connectivity index (χ3n) is 2.30. The molecule has 1 aromatic heterocycles. The summed E-state index contributed by atoms with van der Waals surface area (Å²) >= 11 is 3.22. The van der Waals surface area contributed by atoms with Gasteiger partial charge < -0.3 is 14.4 Å². The summed E-state index contributed by atoms with van der Waals surface area (Å²) in [6, 6.07) is 2.00. The summed E-state index contributed by atoms with van der Waals surface area (Å²) < 4.78 is 10.6. The van der Waals surface area contributed by atoms with Crippen molar-refractivity contribution in [2.45, 2.75) is 0 Å². The van der Waals surface area contributed by atoms with Gasteiger partial charge in [0.1, 0.15) is 11.3 Å². The van der Waals surface area contributed by atoms with Gasteiger partial charge >= 0.3 is 0 Å². The molecule has 2 heterocycles. The highest BCUT2D eigenvalue weighted by molar-refractivity contribution is 9.09. The van der Waals surface area contributed by atoms with Crippen molar-refractivity contribution in [2.24, 2.45) is 0 Å². The Bertz CT molecular complexity index is 316. The van der Waals surface area contributed by atoms with Crippen molar-refractivity contribution in [3.63, 3.8) is 0 Å². The Morgan fingerprint density at radius 3 is 2.93 bits per heavy atom. The summed E-state index contributed by atoms with van der Waals surface area (Å²) in [6.07, 6.45) is 3.57. The Balaban J connectivity index is 2.09. The van der Waals surface area contributed by atoms with Gasteiger partial charge in [0.15, 0.2) is 0 Å². The number of hydrogen-bond acceptors (Lipinski definition) is 4. The van der Waals surface area contributed by atoms with Gasteiger partial charge in [0.05, 0.1) is 31.3 Å². The SMILES string of the molecule is BrCOc1cncc(N2CCOCC2)c1. The van der Waals surface area contributed by atoms with Gasteiger partial charge in [-0.05, 0) is 15.9 Å². The summed E-state index contributed by atoms with van der Waals surface area (Å²) in [5.74, 6) is 0.788. The normalized spacial score (nSPS) is 16.5. The summed E-state index contributed by atoms with van der Waals surface area (Å²) in [7, 11) is 0. The minimum atomic E-state index is 0.487. The molecule has 0 radical (unpaired) electrons. The van der Waals surface area contributed by atoms with Crippen LogP contribution in [0.15, 0.2) is 18.5 Å². The van der Waals surface area contributed by atoms with Crippen molar-refractivity contribution in [1.29, 1.82) is 0 Å². The molecule has 0 unspecified atom stereocenters. The van der Waals surface area contributed by atoms with E-state index in [9.17, 15) is 0 Å². The number of halogens is 1. The Labute approximate surface area is 97.3 Å². The molecule has 0 N–H and O–H groups in total. The van der Waals surface area contributed by atoms with E-state index in [4.69, 9.17) is 9.47 Å². The van der Waals surface area contributed by atoms with Gasteiger partial charge in [-0.3, -0.25) is 4.98 Å². The van der Waals surface area contributed by atoms with Crippen molar-refractivity contribution in [3.05, 3.63) is 18.5 Å². The zero-order valence-corrected chi connectivity index (χ0v) is 9.94. The quantitative estimate of drug-likeness (QED) is 0.784. The molecule has 4 nitrogen and oxygen atoms in total. The van der Waals surface area contributed by atoms with Crippen LogP contribution in [-0.4, -0.2) is 36.8 Å². The first-order chi connectivity index (χ1) is 7.40. The maximum atomic E-state index is 5.33. The third-order valence-corrected chi connectivity index (χ3v) is 2.53. The number of anilines is 1. The summed E-state index contributed by atoms with van der Waals surface area (Å²) in [5.41, 5.74) is 1.58. The molecule has 0 aliphatic carbocycles. The van der Waals surface area contributed by atoms with Crippen LogP contribution in [0.1, 0.15) is 0 Å². The van der Waals surface area contributed by atoms with E-state index in [1.54, 1.807) is 6.20 Å². The van der Waals surface area contributed by atoms with Crippen LogP contribution in [0.4, 0.5) is 5.69 Å². The number of rotatable bonds is 3. The predicted molar refractivity (Wildman–Crippen MR) is 61.7 cm³/mol. The van der Waals surface area contributed by atoms with Crippen molar-refractivity contribution >= 4 is 21.6 Å². The molecule has 5 heteroatoms. The van der Waals surface area contributed by atoms with Crippen LogP contribution < -0.4 is 9.64 Å². The first-order valence-electron chi connectivity index (χ1n) is 4.86. The van der Waals surface area contributed by atoms with Crippen LogP contribution in [0.5, 0.6) is 5.75 Å². The highest BCUT2D eigenvalue weighted by Gasteiger charge is 2.11. The molecule has 1 fully saturated rings. The Hall–Kier alpha value is -0.810. The van der Waals surface area contributed by atoms with Crippen LogP contribution in [0.3, 0.4) is 0 Å². The van der Waals surface area contributed by atoms with Crippen LogP contribution in [0.2, 0.25) is 0 Å². The maximum Gasteiger partial charge on any atom is 0.143 e. The van der Waals surface area contributed by atoms with Gasteiger partial charge in [-0.1, -0.05) is 0 Å². The number of pyridine rings is 1. The first-order valence-corrected chi connectivity index (χ1v) is 5.99. The van der Waals surface area contributed by atoms with Crippen molar-refractivity contribution < 1.29 is 9.47 Å². The van der Waals surface area contributed by atoms with Crippen molar-refractivity contribution in [3.8, 4) is 5.75 Å². The molecule has 0 aromatic carbocycles. The minimum Gasteiger partial charge on any atom is -0.481 e. The number of nitrogens with zero attached hydrogens (tertiary/aromatic N) is 2. The van der Waals surface area contributed by atoms with E-state index in [0.717, 1.165) is 37.7 Å². The molecule has 82 valence electrons. The second-order valence-electron chi connectivity index (χ2n) is 3.23. The Morgan fingerprint density at radius 1 is 1.40 bits per heavy atom. The lowest BCUT2D eigenvalue weighted by Gasteiger charge is -2.28. The summed E-state index contributed by atoms with van der Waals surface area (Å²) in [4.78, 5) is 6.40. The summed E-state index contributed by atoms with van der Waals surface area (Å²) in [6.45, 7) is 3.39. The highest BCUT2D eigenvalue weighted by Crippen LogP contribution is 2.20. The average molecular weight is 273 g/mol. The zero-order valence-electron chi connectivity index (χ0n) is 8.36. The van der Waals surface area contributed by atoms with Gasteiger partial charge in [-0.2, -0.15) is 0 Å². The molecule has 0 bridgehead atoms. The molecule has 0 amide bonds. The van der Waals surface area contributed by atoms with Crippen molar-refractivity contribution in [1.82, 2.24) is 4.98 Å². The smallest absolute Gasteiger partial charge is 0.143 e. The van der Waals surface area contributed by atoms with Gasteiger partial charge in [0.25, 0.3) is 0 Å². The fourth-order valence-electron chi connectivity index (χ4n) is 1.54. The minimum absolute atomic E-state index is 0.487. The lowest BCUT2D eigenvalue weighted by atomic mass is 10.3. The van der Waals surface area contributed by atoms with Crippen LogP contribution in [-0.2, 0) is 4.74 Å². The van der Waals surface area contributed by atoms with E-state index in [1.807, 2.05) is 12.3 Å². The van der Waals surface area contributed by atoms with E-state index in [1.165, 1.54) is 0 Å². The van der Waals surface area contributed by atoms with Gasteiger partial charge in [0.2, 0.25) is 0 Å². The first kappa shape index (κ1) is 10.7. The topological polar surface area (TPSA) is 34.6 Å². The molecular formula is C10H13BrN2O2. The Kier molecular flexibility index (Phi) is 3.80. The lowest BCUT2D eigenvalue weighted by Crippen LogP contribution is -2.36. The second-order valence-corrected chi connectivity index (χ2v) is 3.69. The molecule has 1 aromatic rings. The number of hydrogen-bond donors (Lipinski definition) is 0. The molecule has 1 aliphatic heterocycles. The molecule has 0 saturated carbocycles. The molecule has 0 atom stereocenters. The molecule has 1 saturated heterocycles. The standard InChI is InChI=1S/C10H13BrN2O2/c11-8-15-10-5-9(6-12-7-10)13-1-3-14-4-2-13/h5-7H,1-4,8H2. The third kappa shape index (κ3) is 2.82. The van der Waals surface area contributed by atoms with Gasteiger partial charge in [0, 0.05) is 19.2 Å². The van der Waals surface area contributed by atoms with Crippen LogP contribution >= 0.6 is 15.9 Å². The molecule has 0 spiro atoms. The monoisotopic (exact) mass is 272 g/mol. The van der Waals surface area contributed by atoms with Gasteiger partial charge in [-0.15, -0.1) is 0 Å². The number of morpholine rings is 1. The van der Waals surface area contributed by atoms with Crippen LogP contribution in [0.25, 0.3) is 0 Å². The Morgan fingerprint density at radius 2 is 2.20 bits per heavy atom.